The third-order valence-corrected chi connectivity index (χ3v) is 6.92. The standard InChI is InChI=1S/C23H27FN4OSi/c1-17-22(19-7-10-21-25-11-12-27(21)15-19)23(18-5-8-20(24)9-6-18)26-28(17)16-29-13-14-30(2,3)4/h5-12,15H,13-14,16H2,1-4H3. The molecule has 3 aromatic heterocycles. The van der Waals surface area contributed by atoms with Gasteiger partial charge in [-0.2, -0.15) is 5.10 Å². The lowest BCUT2D eigenvalue weighted by Gasteiger charge is -2.15. The van der Waals surface area contributed by atoms with E-state index >= 15 is 0 Å². The zero-order valence-electron chi connectivity index (χ0n) is 17.9. The van der Waals surface area contributed by atoms with Gasteiger partial charge in [-0.25, -0.2) is 14.1 Å². The molecule has 0 unspecified atom stereocenters. The van der Waals surface area contributed by atoms with E-state index in [0.717, 1.165) is 46.4 Å². The molecule has 0 atom stereocenters. The van der Waals surface area contributed by atoms with Gasteiger partial charge in [-0.1, -0.05) is 19.6 Å². The monoisotopic (exact) mass is 422 g/mol. The van der Waals surface area contributed by atoms with Gasteiger partial charge in [-0.3, -0.25) is 0 Å². The maximum absolute atomic E-state index is 13.5. The van der Waals surface area contributed by atoms with Crippen molar-refractivity contribution in [3.63, 3.8) is 0 Å². The first-order valence-corrected chi connectivity index (χ1v) is 13.9. The topological polar surface area (TPSA) is 44.4 Å². The van der Waals surface area contributed by atoms with Crippen LogP contribution in [0, 0.1) is 12.7 Å². The third kappa shape index (κ3) is 4.37. The van der Waals surface area contributed by atoms with Crippen molar-refractivity contribution in [3.05, 3.63) is 66.5 Å². The lowest BCUT2D eigenvalue weighted by Crippen LogP contribution is -2.22. The van der Waals surface area contributed by atoms with E-state index in [0.29, 0.717) is 6.73 Å². The number of ether oxygens (including phenoxy) is 1. The van der Waals surface area contributed by atoms with Crippen molar-refractivity contribution in [1.29, 1.82) is 0 Å². The van der Waals surface area contributed by atoms with Gasteiger partial charge in [-0.05, 0) is 49.4 Å². The summed E-state index contributed by atoms with van der Waals surface area (Å²) in [6.07, 6.45) is 5.76. The first-order chi connectivity index (χ1) is 14.3. The van der Waals surface area contributed by atoms with Crippen LogP contribution in [0.2, 0.25) is 25.7 Å². The second-order valence-electron chi connectivity index (χ2n) is 8.77. The molecule has 0 spiro atoms. The molecule has 1 aromatic carbocycles. The number of hydrogen-bond donors (Lipinski definition) is 0. The molecule has 0 amide bonds. The Morgan fingerprint density at radius 1 is 1.03 bits per heavy atom. The van der Waals surface area contributed by atoms with Gasteiger partial charge in [0.25, 0.3) is 0 Å². The Bertz CT molecular complexity index is 1160. The van der Waals surface area contributed by atoms with Crippen molar-refractivity contribution < 1.29 is 9.13 Å². The van der Waals surface area contributed by atoms with Crippen molar-refractivity contribution in [2.45, 2.75) is 39.3 Å². The maximum Gasteiger partial charge on any atom is 0.139 e. The van der Waals surface area contributed by atoms with Gasteiger partial charge in [-0.15, -0.1) is 0 Å². The molecule has 0 aliphatic heterocycles. The summed E-state index contributed by atoms with van der Waals surface area (Å²) in [7, 11) is -1.14. The zero-order chi connectivity index (χ0) is 21.3. The predicted molar refractivity (Wildman–Crippen MR) is 121 cm³/mol. The Kier molecular flexibility index (Phi) is 5.58. The summed E-state index contributed by atoms with van der Waals surface area (Å²) in [6.45, 7) is 10.2. The van der Waals surface area contributed by atoms with Crippen LogP contribution in [-0.2, 0) is 11.5 Å². The van der Waals surface area contributed by atoms with E-state index in [1.807, 2.05) is 21.3 Å². The Balaban J connectivity index is 1.72. The van der Waals surface area contributed by atoms with Crippen LogP contribution >= 0.6 is 0 Å². The van der Waals surface area contributed by atoms with Crippen LogP contribution in [0.4, 0.5) is 4.39 Å². The fourth-order valence-corrected chi connectivity index (χ4v) is 4.18. The van der Waals surface area contributed by atoms with Crippen molar-refractivity contribution in [1.82, 2.24) is 19.2 Å². The van der Waals surface area contributed by atoms with Crippen LogP contribution in [-0.4, -0.2) is 33.8 Å². The number of imidazole rings is 1. The number of hydrogen-bond acceptors (Lipinski definition) is 3. The first-order valence-electron chi connectivity index (χ1n) is 10.2. The number of nitrogens with zero attached hydrogens (tertiary/aromatic N) is 4. The zero-order valence-corrected chi connectivity index (χ0v) is 18.9. The second-order valence-corrected chi connectivity index (χ2v) is 14.4. The summed E-state index contributed by atoms with van der Waals surface area (Å²) in [4.78, 5) is 4.32. The quantitative estimate of drug-likeness (QED) is 0.287. The SMILES string of the molecule is Cc1c(-c2ccc3nccn3c2)c(-c2ccc(F)cc2)nn1COCC[Si](C)(C)C. The first kappa shape index (κ1) is 20.5. The Morgan fingerprint density at radius 3 is 2.50 bits per heavy atom. The van der Waals surface area contributed by atoms with Crippen LogP contribution in [0.15, 0.2) is 55.0 Å². The highest BCUT2D eigenvalue weighted by molar-refractivity contribution is 6.76. The molecule has 0 N–H and O–H groups in total. The van der Waals surface area contributed by atoms with Crippen LogP contribution in [0.25, 0.3) is 28.0 Å². The molecule has 156 valence electrons. The summed E-state index contributed by atoms with van der Waals surface area (Å²) >= 11 is 0. The predicted octanol–water partition coefficient (Wildman–Crippen LogP) is 5.62. The minimum atomic E-state index is -1.14. The van der Waals surface area contributed by atoms with Gasteiger partial charge in [0.2, 0.25) is 0 Å². The fourth-order valence-electron chi connectivity index (χ4n) is 3.42. The maximum atomic E-state index is 13.5. The smallest absolute Gasteiger partial charge is 0.139 e. The van der Waals surface area contributed by atoms with Gasteiger partial charge in [0, 0.05) is 55.7 Å². The lowest BCUT2D eigenvalue weighted by molar-refractivity contribution is 0.0773. The van der Waals surface area contributed by atoms with Crippen molar-refractivity contribution in [3.8, 4) is 22.4 Å². The molecular weight excluding hydrogens is 395 g/mol. The number of aromatic nitrogens is 4. The molecule has 0 radical (unpaired) electrons. The highest BCUT2D eigenvalue weighted by Crippen LogP contribution is 2.34. The Morgan fingerprint density at radius 2 is 1.77 bits per heavy atom. The average Bonchev–Trinajstić information content (AvgIpc) is 3.29. The molecule has 0 saturated carbocycles. The van der Waals surface area contributed by atoms with Gasteiger partial charge in [0.05, 0.1) is 0 Å². The number of benzene rings is 1. The van der Waals surface area contributed by atoms with Crippen molar-refractivity contribution >= 4 is 13.7 Å². The highest BCUT2D eigenvalue weighted by Gasteiger charge is 2.19. The van der Waals surface area contributed by atoms with E-state index in [1.54, 1.807) is 18.3 Å². The highest BCUT2D eigenvalue weighted by atomic mass is 28.3. The third-order valence-electron chi connectivity index (χ3n) is 5.21. The molecule has 0 aliphatic rings. The minimum absolute atomic E-state index is 0.258. The van der Waals surface area contributed by atoms with E-state index in [1.165, 1.54) is 12.1 Å². The van der Waals surface area contributed by atoms with Crippen molar-refractivity contribution in [2.24, 2.45) is 0 Å². The van der Waals surface area contributed by atoms with Crippen LogP contribution < -0.4 is 0 Å². The van der Waals surface area contributed by atoms with Gasteiger partial charge < -0.3 is 9.14 Å². The summed E-state index contributed by atoms with van der Waals surface area (Å²) in [5.41, 5.74) is 5.65. The molecule has 4 aromatic rings. The number of pyridine rings is 1. The van der Waals surface area contributed by atoms with Gasteiger partial charge in [0.1, 0.15) is 23.9 Å². The summed E-state index contributed by atoms with van der Waals surface area (Å²) in [6, 6.07) is 11.6. The summed E-state index contributed by atoms with van der Waals surface area (Å²) < 4.78 is 23.3. The van der Waals surface area contributed by atoms with Crippen LogP contribution in [0.1, 0.15) is 5.69 Å². The lowest BCUT2D eigenvalue weighted by atomic mass is 10.0. The summed E-state index contributed by atoms with van der Waals surface area (Å²) in [5, 5.41) is 4.84. The van der Waals surface area contributed by atoms with E-state index in [4.69, 9.17) is 9.84 Å². The molecule has 7 heteroatoms. The normalized spacial score (nSPS) is 12.0. The molecule has 3 heterocycles. The molecule has 4 rings (SSSR count). The minimum Gasteiger partial charge on any atom is -0.360 e. The van der Waals surface area contributed by atoms with E-state index in [9.17, 15) is 4.39 Å². The van der Waals surface area contributed by atoms with E-state index in [-0.39, 0.29) is 5.82 Å². The van der Waals surface area contributed by atoms with Gasteiger partial charge >= 0.3 is 0 Å². The summed E-state index contributed by atoms with van der Waals surface area (Å²) in [5.74, 6) is -0.258. The average molecular weight is 423 g/mol. The van der Waals surface area contributed by atoms with Gasteiger partial charge in [0.15, 0.2) is 0 Å². The Hall–Kier alpha value is -2.77. The molecule has 0 fully saturated rings. The largest absolute Gasteiger partial charge is 0.360 e. The molecule has 30 heavy (non-hydrogen) atoms. The molecule has 5 nitrogen and oxygen atoms in total. The fraction of sp³-hybridized carbons (Fsp3) is 0.304. The Labute approximate surface area is 177 Å². The number of halogens is 1. The molecule has 0 bridgehead atoms. The van der Waals surface area contributed by atoms with E-state index in [2.05, 4.69) is 43.8 Å². The second kappa shape index (κ2) is 8.16. The number of fused-ring (bicyclic) bond motifs is 1. The number of rotatable bonds is 7. The van der Waals surface area contributed by atoms with Crippen molar-refractivity contribution in [2.75, 3.05) is 6.61 Å². The van der Waals surface area contributed by atoms with Crippen LogP contribution in [0.5, 0.6) is 0 Å². The molecule has 0 saturated heterocycles. The van der Waals surface area contributed by atoms with E-state index < -0.39 is 8.07 Å². The van der Waals surface area contributed by atoms with Crippen LogP contribution in [0.3, 0.4) is 0 Å². The molecular formula is C23H27FN4OSi. The molecule has 0 aliphatic carbocycles.